The molecule has 0 bridgehead atoms. The number of hydrogen-bond acceptors (Lipinski definition) is 7. The summed E-state index contributed by atoms with van der Waals surface area (Å²) in [6.45, 7) is 8.19. The SMILES string of the molecule is Cc1cnc(N2CCN(c3nccc(N4CCCCC4)n3)CC2)s1. The summed E-state index contributed by atoms with van der Waals surface area (Å²) in [4.78, 5) is 22.2. The molecule has 0 radical (unpaired) electrons. The molecule has 4 rings (SSSR count). The normalized spacial score (nSPS) is 19.0. The molecule has 0 amide bonds. The number of anilines is 3. The zero-order valence-electron chi connectivity index (χ0n) is 14.2. The lowest BCUT2D eigenvalue weighted by molar-refractivity contribution is 0.571. The van der Waals surface area contributed by atoms with Crippen LogP contribution in [0.2, 0.25) is 0 Å². The van der Waals surface area contributed by atoms with E-state index in [1.165, 1.54) is 24.1 Å². The lowest BCUT2D eigenvalue weighted by Gasteiger charge is -2.35. The highest BCUT2D eigenvalue weighted by Crippen LogP contribution is 2.24. The molecule has 2 aliphatic rings. The van der Waals surface area contributed by atoms with Crippen molar-refractivity contribution < 1.29 is 0 Å². The fraction of sp³-hybridized carbons (Fsp3) is 0.588. The van der Waals surface area contributed by atoms with Crippen molar-refractivity contribution in [1.82, 2.24) is 15.0 Å². The van der Waals surface area contributed by atoms with Gasteiger partial charge in [-0.1, -0.05) is 0 Å². The van der Waals surface area contributed by atoms with Crippen LogP contribution >= 0.6 is 11.3 Å². The molecule has 24 heavy (non-hydrogen) atoms. The number of piperidine rings is 1. The Balaban J connectivity index is 1.42. The second-order valence-corrected chi connectivity index (χ2v) is 7.70. The summed E-state index contributed by atoms with van der Waals surface area (Å²) in [7, 11) is 0. The van der Waals surface area contributed by atoms with Crippen LogP contribution < -0.4 is 14.7 Å². The zero-order valence-corrected chi connectivity index (χ0v) is 15.0. The van der Waals surface area contributed by atoms with Gasteiger partial charge in [0.05, 0.1) is 0 Å². The average Bonchev–Trinajstić information content (AvgIpc) is 3.09. The maximum absolute atomic E-state index is 4.83. The number of piperazine rings is 1. The first kappa shape index (κ1) is 15.6. The maximum atomic E-state index is 4.83. The van der Waals surface area contributed by atoms with E-state index < -0.39 is 0 Å². The summed E-state index contributed by atoms with van der Waals surface area (Å²) in [6.07, 6.45) is 7.74. The number of aryl methyl sites for hydroxylation is 1. The van der Waals surface area contributed by atoms with Crippen LogP contribution in [0.3, 0.4) is 0 Å². The van der Waals surface area contributed by atoms with E-state index in [-0.39, 0.29) is 0 Å². The molecule has 0 aromatic carbocycles. The smallest absolute Gasteiger partial charge is 0.227 e. The van der Waals surface area contributed by atoms with E-state index in [1.54, 1.807) is 11.3 Å². The second kappa shape index (κ2) is 6.93. The van der Waals surface area contributed by atoms with Crippen LogP contribution in [-0.2, 0) is 0 Å². The third-order valence-electron chi connectivity index (χ3n) is 4.75. The van der Waals surface area contributed by atoms with Gasteiger partial charge in [0.2, 0.25) is 5.95 Å². The Morgan fingerprint density at radius 1 is 0.875 bits per heavy atom. The maximum Gasteiger partial charge on any atom is 0.227 e. The number of nitrogens with zero attached hydrogens (tertiary/aromatic N) is 6. The Morgan fingerprint density at radius 3 is 2.33 bits per heavy atom. The molecule has 0 saturated carbocycles. The minimum absolute atomic E-state index is 0.869. The Bertz CT molecular complexity index is 673. The summed E-state index contributed by atoms with van der Waals surface area (Å²) in [5.41, 5.74) is 0. The molecule has 2 aliphatic heterocycles. The molecule has 6 nitrogen and oxygen atoms in total. The van der Waals surface area contributed by atoms with Crippen LogP contribution in [0.25, 0.3) is 0 Å². The van der Waals surface area contributed by atoms with E-state index in [0.717, 1.165) is 56.2 Å². The standard InChI is InChI=1S/C17H24N6S/c1-14-13-19-17(24-14)23-11-9-22(10-12-23)16-18-6-5-15(20-16)21-7-3-2-4-8-21/h5-6,13H,2-4,7-12H2,1H3. The highest BCUT2D eigenvalue weighted by Gasteiger charge is 2.22. The number of thiazole rings is 1. The van der Waals surface area contributed by atoms with E-state index in [2.05, 4.69) is 31.6 Å². The average molecular weight is 344 g/mol. The lowest BCUT2D eigenvalue weighted by atomic mass is 10.1. The highest BCUT2D eigenvalue weighted by molar-refractivity contribution is 7.15. The molecule has 4 heterocycles. The van der Waals surface area contributed by atoms with E-state index >= 15 is 0 Å². The molecule has 0 atom stereocenters. The van der Waals surface area contributed by atoms with E-state index in [4.69, 9.17) is 4.98 Å². The molecule has 0 aliphatic carbocycles. The van der Waals surface area contributed by atoms with E-state index in [0.29, 0.717) is 0 Å². The molecule has 2 saturated heterocycles. The monoisotopic (exact) mass is 344 g/mol. The van der Waals surface area contributed by atoms with Crippen LogP contribution in [0.15, 0.2) is 18.5 Å². The van der Waals surface area contributed by atoms with Crippen LogP contribution in [0.1, 0.15) is 24.1 Å². The lowest BCUT2D eigenvalue weighted by Crippen LogP contribution is -2.47. The largest absolute Gasteiger partial charge is 0.356 e. The van der Waals surface area contributed by atoms with E-state index in [1.807, 2.05) is 18.5 Å². The van der Waals surface area contributed by atoms with Crippen molar-refractivity contribution in [2.45, 2.75) is 26.2 Å². The van der Waals surface area contributed by atoms with Crippen molar-refractivity contribution in [2.24, 2.45) is 0 Å². The fourth-order valence-electron chi connectivity index (χ4n) is 3.38. The molecular formula is C17H24N6S. The van der Waals surface area contributed by atoms with E-state index in [9.17, 15) is 0 Å². The van der Waals surface area contributed by atoms with Crippen molar-refractivity contribution in [3.63, 3.8) is 0 Å². The summed E-state index contributed by atoms with van der Waals surface area (Å²) < 4.78 is 0. The van der Waals surface area contributed by atoms with Crippen molar-refractivity contribution in [2.75, 3.05) is 54.0 Å². The molecule has 128 valence electrons. The third kappa shape index (κ3) is 3.31. The Morgan fingerprint density at radius 2 is 1.62 bits per heavy atom. The van der Waals surface area contributed by atoms with Gasteiger partial charge in [0, 0.05) is 56.5 Å². The Hall–Kier alpha value is -1.89. The first-order valence-corrected chi connectivity index (χ1v) is 9.61. The van der Waals surface area contributed by atoms with Gasteiger partial charge in [-0.25, -0.2) is 9.97 Å². The van der Waals surface area contributed by atoms with Gasteiger partial charge >= 0.3 is 0 Å². The van der Waals surface area contributed by atoms with Crippen LogP contribution in [0, 0.1) is 6.92 Å². The van der Waals surface area contributed by atoms with Gasteiger partial charge in [-0.3, -0.25) is 0 Å². The Labute approximate surface area is 147 Å². The molecule has 0 spiro atoms. The van der Waals surface area contributed by atoms with Gasteiger partial charge in [-0.2, -0.15) is 4.98 Å². The first-order valence-electron chi connectivity index (χ1n) is 8.80. The van der Waals surface area contributed by atoms with Gasteiger partial charge in [0.15, 0.2) is 5.13 Å². The van der Waals surface area contributed by atoms with Gasteiger partial charge in [-0.15, -0.1) is 11.3 Å². The van der Waals surface area contributed by atoms with Crippen LogP contribution in [0.4, 0.5) is 16.9 Å². The summed E-state index contributed by atoms with van der Waals surface area (Å²) in [5.74, 6) is 1.95. The zero-order chi connectivity index (χ0) is 16.4. The minimum Gasteiger partial charge on any atom is -0.356 e. The van der Waals surface area contributed by atoms with Gasteiger partial charge in [0.1, 0.15) is 5.82 Å². The summed E-state index contributed by atoms with van der Waals surface area (Å²) in [6, 6.07) is 2.05. The van der Waals surface area contributed by atoms with Gasteiger partial charge in [0.25, 0.3) is 0 Å². The highest BCUT2D eigenvalue weighted by atomic mass is 32.1. The van der Waals surface area contributed by atoms with Gasteiger partial charge < -0.3 is 14.7 Å². The van der Waals surface area contributed by atoms with Gasteiger partial charge in [-0.05, 0) is 32.3 Å². The summed E-state index contributed by atoms with van der Waals surface area (Å²) in [5, 5.41) is 1.13. The van der Waals surface area contributed by atoms with Crippen molar-refractivity contribution in [3.8, 4) is 0 Å². The molecule has 0 N–H and O–H groups in total. The number of rotatable bonds is 3. The predicted octanol–water partition coefficient (Wildman–Crippen LogP) is 2.56. The molecule has 0 unspecified atom stereocenters. The minimum atomic E-state index is 0.869. The number of hydrogen-bond donors (Lipinski definition) is 0. The molecular weight excluding hydrogens is 320 g/mol. The predicted molar refractivity (Wildman–Crippen MR) is 99.4 cm³/mol. The number of aromatic nitrogens is 3. The van der Waals surface area contributed by atoms with Crippen LogP contribution in [0.5, 0.6) is 0 Å². The molecule has 2 aromatic rings. The van der Waals surface area contributed by atoms with Crippen molar-refractivity contribution in [3.05, 3.63) is 23.3 Å². The topological polar surface area (TPSA) is 48.4 Å². The molecule has 7 heteroatoms. The fourth-order valence-corrected chi connectivity index (χ4v) is 4.19. The molecule has 2 fully saturated rings. The third-order valence-corrected chi connectivity index (χ3v) is 5.72. The summed E-state index contributed by atoms with van der Waals surface area (Å²) >= 11 is 1.77. The molecule has 2 aromatic heterocycles. The van der Waals surface area contributed by atoms with Crippen molar-refractivity contribution >= 4 is 28.2 Å². The quantitative estimate of drug-likeness (QED) is 0.853. The second-order valence-electron chi connectivity index (χ2n) is 6.49. The van der Waals surface area contributed by atoms with Crippen LogP contribution in [-0.4, -0.2) is 54.2 Å². The Kier molecular flexibility index (Phi) is 4.51. The van der Waals surface area contributed by atoms with Crippen molar-refractivity contribution in [1.29, 1.82) is 0 Å². The first-order chi connectivity index (χ1) is 11.8.